The Kier molecular flexibility index (Phi) is 7.36. The van der Waals surface area contributed by atoms with Gasteiger partial charge in [0.2, 0.25) is 5.78 Å². The molecule has 2 rings (SSSR count). The van der Waals surface area contributed by atoms with Crippen LogP contribution < -0.4 is 0 Å². The van der Waals surface area contributed by atoms with Gasteiger partial charge in [0.1, 0.15) is 5.60 Å². The summed E-state index contributed by atoms with van der Waals surface area (Å²) in [6.07, 6.45) is 2.61. The molecule has 0 amide bonds. The predicted molar refractivity (Wildman–Crippen MR) is 102 cm³/mol. The smallest absolute Gasteiger partial charge is 0.221 e. The predicted octanol–water partition coefficient (Wildman–Crippen LogP) is 5.58. The quantitative estimate of drug-likeness (QED) is 0.536. The fourth-order valence-electron chi connectivity index (χ4n) is 2.11. The molecule has 0 aliphatic rings. The molecular weight excluding hydrogens is 318 g/mol. The third-order valence-corrected chi connectivity index (χ3v) is 3.83. The molecule has 0 atom stereocenters. The molecule has 0 saturated carbocycles. The van der Waals surface area contributed by atoms with Crippen molar-refractivity contribution in [1.82, 2.24) is 4.98 Å². The molecule has 1 aromatic heterocycles. The Balaban J connectivity index is 0.000000307. The Morgan fingerprint density at radius 1 is 1.33 bits per heavy atom. The Bertz CT molecular complexity index is 682. The molecular formula is C20H27NO2S. The summed E-state index contributed by atoms with van der Waals surface area (Å²) in [5.74, 6) is 0.806. The van der Waals surface area contributed by atoms with Crippen molar-refractivity contribution >= 4 is 17.1 Å². The Hall–Kier alpha value is -1.94. The molecule has 0 radical (unpaired) electrons. The summed E-state index contributed by atoms with van der Waals surface area (Å²) in [4.78, 5) is 16.2. The summed E-state index contributed by atoms with van der Waals surface area (Å²) in [7, 11) is 0. The van der Waals surface area contributed by atoms with Crippen LogP contribution in [0, 0.1) is 6.92 Å². The van der Waals surface area contributed by atoms with Crippen LogP contribution in [0.2, 0.25) is 0 Å². The molecule has 2 aromatic rings. The van der Waals surface area contributed by atoms with Crippen LogP contribution in [0.4, 0.5) is 0 Å². The monoisotopic (exact) mass is 345 g/mol. The Morgan fingerprint density at radius 3 is 2.42 bits per heavy atom. The topological polar surface area (TPSA) is 39.2 Å². The van der Waals surface area contributed by atoms with Crippen LogP contribution >= 0.6 is 11.3 Å². The van der Waals surface area contributed by atoms with Crippen LogP contribution in [0.3, 0.4) is 0 Å². The second-order valence-corrected chi connectivity index (χ2v) is 7.48. The number of ether oxygens (including phenoxy) is 1. The average Bonchev–Trinajstić information content (AvgIpc) is 2.99. The third-order valence-electron chi connectivity index (χ3n) is 3.06. The van der Waals surface area contributed by atoms with Gasteiger partial charge in [-0.25, -0.2) is 4.98 Å². The highest BCUT2D eigenvalue weighted by Crippen LogP contribution is 2.17. The molecule has 1 heterocycles. The van der Waals surface area contributed by atoms with E-state index in [9.17, 15) is 4.79 Å². The zero-order valence-electron chi connectivity index (χ0n) is 15.5. The second-order valence-electron chi connectivity index (χ2n) is 6.59. The first-order valence-electron chi connectivity index (χ1n) is 8.02. The van der Waals surface area contributed by atoms with Crippen molar-refractivity contribution in [3.63, 3.8) is 0 Å². The Labute approximate surface area is 149 Å². The van der Waals surface area contributed by atoms with Crippen LogP contribution in [0.1, 0.15) is 61.1 Å². The molecule has 0 bridgehead atoms. The highest BCUT2D eigenvalue weighted by molar-refractivity contribution is 7.11. The number of aryl methyl sites for hydroxylation is 2. The number of thiazole rings is 1. The van der Waals surface area contributed by atoms with Crippen molar-refractivity contribution in [2.24, 2.45) is 0 Å². The first kappa shape index (κ1) is 20.1. The minimum absolute atomic E-state index is 0.0304. The van der Waals surface area contributed by atoms with E-state index in [1.807, 2.05) is 52.1 Å². The molecule has 24 heavy (non-hydrogen) atoms. The minimum atomic E-state index is -0.0775. The van der Waals surface area contributed by atoms with Gasteiger partial charge in [-0.2, -0.15) is 0 Å². The summed E-state index contributed by atoms with van der Waals surface area (Å²) in [5.41, 5.74) is 2.89. The van der Waals surface area contributed by atoms with Crippen molar-refractivity contribution in [3.8, 4) is 0 Å². The largest absolute Gasteiger partial charge is 0.493 e. The number of allylic oxidation sites excluding steroid dienone is 1. The van der Waals surface area contributed by atoms with Crippen molar-refractivity contribution in [2.75, 3.05) is 0 Å². The van der Waals surface area contributed by atoms with Gasteiger partial charge in [0, 0.05) is 17.1 Å². The first-order chi connectivity index (χ1) is 11.1. The zero-order valence-corrected chi connectivity index (χ0v) is 16.3. The van der Waals surface area contributed by atoms with E-state index in [2.05, 4.69) is 24.6 Å². The number of hydrogen-bond acceptors (Lipinski definition) is 4. The van der Waals surface area contributed by atoms with Gasteiger partial charge in [0.15, 0.2) is 5.01 Å². The minimum Gasteiger partial charge on any atom is -0.493 e. The fourth-order valence-corrected chi connectivity index (χ4v) is 2.70. The van der Waals surface area contributed by atoms with Crippen LogP contribution in [-0.4, -0.2) is 16.4 Å². The maximum Gasteiger partial charge on any atom is 0.221 e. The SMILES string of the molecule is C=C(C)OC(C)(C)C.CCc1ccc(C)c(C(=O)c2nccs2)c1. The van der Waals surface area contributed by atoms with Gasteiger partial charge in [-0.1, -0.05) is 25.6 Å². The lowest BCUT2D eigenvalue weighted by atomic mass is 10.0. The van der Waals surface area contributed by atoms with Gasteiger partial charge < -0.3 is 4.74 Å². The summed E-state index contributed by atoms with van der Waals surface area (Å²) < 4.78 is 5.24. The van der Waals surface area contributed by atoms with Gasteiger partial charge in [-0.3, -0.25) is 4.79 Å². The van der Waals surface area contributed by atoms with Crippen molar-refractivity contribution in [3.05, 3.63) is 63.8 Å². The third kappa shape index (κ3) is 6.67. The zero-order chi connectivity index (χ0) is 18.3. The molecule has 0 spiro atoms. The van der Waals surface area contributed by atoms with E-state index >= 15 is 0 Å². The molecule has 3 nitrogen and oxygen atoms in total. The molecule has 0 fully saturated rings. The number of carbonyl (C=O) groups excluding carboxylic acids is 1. The highest BCUT2D eigenvalue weighted by atomic mass is 32.1. The van der Waals surface area contributed by atoms with Crippen molar-refractivity contribution in [1.29, 1.82) is 0 Å². The number of nitrogens with zero attached hydrogens (tertiary/aromatic N) is 1. The summed E-state index contributed by atoms with van der Waals surface area (Å²) >= 11 is 1.39. The van der Waals surface area contributed by atoms with E-state index < -0.39 is 0 Å². The number of ketones is 1. The summed E-state index contributed by atoms with van der Waals surface area (Å²) in [6.45, 7) is 15.5. The van der Waals surface area contributed by atoms with Crippen LogP contribution in [0.5, 0.6) is 0 Å². The first-order valence-corrected chi connectivity index (χ1v) is 8.90. The van der Waals surface area contributed by atoms with Crippen molar-refractivity contribution in [2.45, 2.75) is 53.6 Å². The highest BCUT2D eigenvalue weighted by Gasteiger charge is 2.14. The van der Waals surface area contributed by atoms with Gasteiger partial charge in [-0.15, -0.1) is 11.3 Å². The van der Waals surface area contributed by atoms with E-state index in [-0.39, 0.29) is 11.4 Å². The molecule has 1 aromatic carbocycles. The number of aromatic nitrogens is 1. The van der Waals surface area contributed by atoms with E-state index in [1.54, 1.807) is 6.20 Å². The summed E-state index contributed by atoms with van der Waals surface area (Å²) in [5, 5.41) is 2.39. The number of rotatable bonds is 4. The number of benzene rings is 1. The molecule has 4 heteroatoms. The van der Waals surface area contributed by atoms with E-state index in [0.29, 0.717) is 5.01 Å². The molecule has 0 N–H and O–H groups in total. The van der Waals surface area contributed by atoms with Crippen LogP contribution in [0.25, 0.3) is 0 Å². The number of carbonyl (C=O) groups is 1. The maximum atomic E-state index is 12.1. The molecule has 0 unspecified atom stereocenters. The fraction of sp³-hybridized carbons (Fsp3) is 0.400. The van der Waals surface area contributed by atoms with Gasteiger partial charge in [0.05, 0.1) is 5.76 Å². The lowest BCUT2D eigenvalue weighted by Gasteiger charge is -2.20. The van der Waals surface area contributed by atoms with E-state index in [1.165, 1.54) is 16.9 Å². The van der Waals surface area contributed by atoms with E-state index in [0.717, 1.165) is 23.3 Å². The van der Waals surface area contributed by atoms with Gasteiger partial charge >= 0.3 is 0 Å². The normalized spacial score (nSPS) is 10.6. The van der Waals surface area contributed by atoms with Gasteiger partial charge in [-0.05, 0) is 58.2 Å². The lowest BCUT2D eigenvalue weighted by molar-refractivity contribution is 0.0544. The van der Waals surface area contributed by atoms with Gasteiger partial charge in [0.25, 0.3) is 0 Å². The standard InChI is InChI=1S/C13H13NOS.C7H14O/c1-3-10-5-4-9(2)11(8-10)12(15)13-14-6-7-16-13;1-6(2)8-7(3,4)5/h4-8H,3H2,1-2H3;1H2,2-5H3. The average molecular weight is 346 g/mol. The van der Waals surface area contributed by atoms with E-state index in [4.69, 9.17) is 4.74 Å². The molecule has 0 aliphatic heterocycles. The van der Waals surface area contributed by atoms with Crippen LogP contribution in [0.15, 0.2) is 42.1 Å². The second kappa shape index (κ2) is 8.78. The molecule has 130 valence electrons. The van der Waals surface area contributed by atoms with Crippen LogP contribution in [-0.2, 0) is 11.2 Å². The molecule has 0 saturated heterocycles. The molecule has 0 aliphatic carbocycles. The van der Waals surface area contributed by atoms with Crippen molar-refractivity contribution < 1.29 is 9.53 Å². The summed E-state index contributed by atoms with van der Waals surface area (Å²) in [6, 6.07) is 6.03. The Morgan fingerprint density at radius 2 is 2.00 bits per heavy atom. The maximum absolute atomic E-state index is 12.1. The number of hydrogen-bond donors (Lipinski definition) is 0. The lowest BCUT2D eigenvalue weighted by Crippen LogP contribution is -2.17.